The maximum Gasteiger partial charge on any atom is 0.244 e. The monoisotopic (exact) mass is 675 g/mol. The second-order valence-corrected chi connectivity index (χ2v) is 16.8. The third-order valence-corrected chi connectivity index (χ3v) is 12.0. The number of hydrogen-bond acceptors (Lipinski definition) is 4. The van der Waals surface area contributed by atoms with E-state index in [0.717, 1.165) is 29.6 Å². The summed E-state index contributed by atoms with van der Waals surface area (Å²) in [5, 5.41) is 3.44. The molecule has 4 aliphatic carbocycles. The average molecular weight is 676 g/mol. The Morgan fingerprint density at radius 3 is 2.00 bits per heavy atom. The van der Waals surface area contributed by atoms with Crippen molar-refractivity contribution in [2.24, 2.45) is 17.8 Å². The van der Waals surface area contributed by atoms with Gasteiger partial charge in [-0.25, -0.2) is 8.42 Å². The molecule has 47 heavy (non-hydrogen) atoms. The number of benzene rings is 3. The minimum absolute atomic E-state index is 0.0457. The van der Waals surface area contributed by atoms with Gasteiger partial charge in [0.05, 0.1) is 11.9 Å². The van der Waals surface area contributed by atoms with E-state index >= 15 is 0 Å². The minimum Gasteiger partial charge on any atom is -0.352 e. The third kappa shape index (κ3) is 7.54. The molecule has 0 aromatic heterocycles. The summed E-state index contributed by atoms with van der Waals surface area (Å²) in [4.78, 5) is 29.6. The van der Waals surface area contributed by atoms with E-state index in [9.17, 15) is 18.0 Å². The van der Waals surface area contributed by atoms with Crippen LogP contribution in [0.3, 0.4) is 0 Å². The van der Waals surface area contributed by atoms with Gasteiger partial charge >= 0.3 is 0 Å². The lowest BCUT2D eigenvalue weighted by atomic mass is 9.48. The molecule has 250 valence electrons. The molecule has 3 aromatic rings. The lowest BCUT2D eigenvalue weighted by Gasteiger charge is -2.57. The van der Waals surface area contributed by atoms with Gasteiger partial charge in [-0.1, -0.05) is 72.3 Å². The van der Waals surface area contributed by atoms with Crippen molar-refractivity contribution in [2.45, 2.75) is 82.8 Å². The van der Waals surface area contributed by atoms with Crippen LogP contribution in [0.25, 0.3) is 0 Å². The lowest BCUT2D eigenvalue weighted by molar-refractivity contribution is -0.140. The fourth-order valence-electron chi connectivity index (χ4n) is 8.80. The van der Waals surface area contributed by atoms with Crippen LogP contribution in [0.15, 0.2) is 78.9 Å². The smallest absolute Gasteiger partial charge is 0.244 e. The lowest BCUT2D eigenvalue weighted by Crippen LogP contribution is -2.54. The number of nitrogens with one attached hydrogen (secondary N) is 1. The van der Waals surface area contributed by atoms with Crippen LogP contribution in [0.2, 0.25) is 5.02 Å². The van der Waals surface area contributed by atoms with Crippen molar-refractivity contribution < 1.29 is 18.0 Å². The highest BCUT2D eigenvalue weighted by Crippen LogP contribution is 2.60. The van der Waals surface area contributed by atoms with E-state index in [0.29, 0.717) is 16.3 Å². The summed E-state index contributed by atoms with van der Waals surface area (Å²) in [5.74, 6) is 1.60. The number of sulfonamides is 1. The number of carbonyl (C=O) groups excluding carboxylic acids is 2. The summed E-state index contributed by atoms with van der Waals surface area (Å²) < 4.78 is 27.8. The highest BCUT2D eigenvalue weighted by molar-refractivity contribution is 7.92. The molecule has 1 atom stereocenters. The van der Waals surface area contributed by atoms with Gasteiger partial charge in [-0.2, -0.15) is 0 Å². The van der Waals surface area contributed by atoms with Gasteiger partial charge in [0, 0.05) is 24.0 Å². The van der Waals surface area contributed by atoms with Gasteiger partial charge in [-0.3, -0.25) is 13.9 Å². The predicted octanol–water partition coefficient (Wildman–Crippen LogP) is 6.74. The van der Waals surface area contributed by atoms with Crippen LogP contribution in [-0.2, 0) is 38.0 Å². The fraction of sp³-hybridized carbons (Fsp3) is 0.474. The van der Waals surface area contributed by atoms with Gasteiger partial charge in [0.2, 0.25) is 21.8 Å². The molecule has 0 radical (unpaired) electrons. The molecular weight excluding hydrogens is 630 g/mol. The summed E-state index contributed by atoms with van der Waals surface area (Å²) in [6, 6.07) is 23.6. The van der Waals surface area contributed by atoms with Gasteiger partial charge in [-0.15, -0.1) is 0 Å². The van der Waals surface area contributed by atoms with Crippen LogP contribution in [0.5, 0.6) is 0 Å². The molecule has 2 amide bonds. The first-order chi connectivity index (χ1) is 22.4. The number of rotatable bonds is 12. The number of carbonyl (C=O) groups is 2. The average Bonchev–Trinajstić information content (AvgIpc) is 3.01. The first-order valence-electron chi connectivity index (χ1n) is 16.9. The summed E-state index contributed by atoms with van der Waals surface area (Å²) in [6.45, 7) is 3.34. The molecule has 9 heteroatoms. The maximum absolute atomic E-state index is 14.4. The molecule has 0 spiro atoms. The van der Waals surface area contributed by atoms with Crippen molar-refractivity contribution in [3.8, 4) is 0 Å². The SMILES string of the molecule is CC(C)NC(=O)[C@H](Cc1ccccc1)N(Cc1ccccc1Cl)C(=O)CN(c1ccc(C23CC4CC(CC(C4)C2)C3)cc1)S(C)(=O)=O. The number of amides is 2. The Labute approximate surface area is 284 Å². The topological polar surface area (TPSA) is 86.8 Å². The van der Waals surface area contributed by atoms with Gasteiger partial charge in [0.1, 0.15) is 12.6 Å². The van der Waals surface area contributed by atoms with Crippen LogP contribution in [-0.4, -0.2) is 50.0 Å². The molecule has 7 nitrogen and oxygen atoms in total. The molecule has 4 fully saturated rings. The van der Waals surface area contributed by atoms with Crippen LogP contribution < -0.4 is 9.62 Å². The van der Waals surface area contributed by atoms with Gasteiger partial charge in [0.25, 0.3) is 0 Å². The number of anilines is 1. The molecule has 0 aliphatic heterocycles. The number of nitrogens with zero attached hydrogens (tertiary/aromatic N) is 2. The molecule has 4 aliphatic rings. The Morgan fingerprint density at radius 1 is 0.872 bits per heavy atom. The van der Waals surface area contributed by atoms with Crippen molar-refractivity contribution in [3.63, 3.8) is 0 Å². The second kappa shape index (κ2) is 13.6. The first-order valence-corrected chi connectivity index (χ1v) is 19.1. The summed E-state index contributed by atoms with van der Waals surface area (Å²) in [5.41, 5.74) is 3.46. The molecule has 0 unspecified atom stereocenters. The molecule has 1 N–H and O–H groups in total. The van der Waals surface area contributed by atoms with Crippen molar-refractivity contribution in [2.75, 3.05) is 17.1 Å². The maximum atomic E-state index is 14.4. The van der Waals surface area contributed by atoms with E-state index in [2.05, 4.69) is 17.4 Å². The molecule has 0 saturated heterocycles. The molecule has 4 saturated carbocycles. The van der Waals surface area contributed by atoms with E-state index < -0.39 is 28.5 Å². The normalized spacial score (nSPS) is 23.8. The zero-order chi connectivity index (χ0) is 33.3. The Bertz CT molecular complexity index is 1660. The zero-order valence-corrected chi connectivity index (χ0v) is 29.1. The summed E-state index contributed by atoms with van der Waals surface area (Å²) in [7, 11) is -3.85. The van der Waals surface area contributed by atoms with Crippen LogP contribution in [0.4, 0.5) is 5.69 Å². The zero-order valence-electron chi connectivity index (χ0n) is 27.6. The van der Waals surface area contributed by atoms with Gasteiger partial charge in [0.15, 0.2) is 0 Å². The predicted molar refractivity (Wildman–Crippen MR) is 188 cm³/mol. The van der Waals surface area contributed by atoms with Crippen molar-refractivity contribution in [1.82, 2.24) is 10.2 Å². The van der Waals surface area contributed by atoms with Crippen LogP contribution >= 0.6 is 11.6 Å². The molecule has 3 aromatic carbocycles. The molecule has 0 heterocycles. The van der Waals surface area contributed by atoms with Crippen LogP contribution in [0, 0.1) is 17.8 Å². The Hall–Kier alpha value is -3.36. The third-order valence-electron chi connectivity index (χ3n) is 10.5. The largest absolute Gasteiger partial charge is 0.352 e. The second-order valence-electron chi connectivity index (χ2n) is 14.5. The minimum atomic E-state index is -3.85. The number of halogens is 1. The molecule has 4 bridgehead atoms. The summed E-state index contributed by atoms with van der Waals surface area (Å²) in [6.07, 6.45) is 9.08. The van der Waals surface area contributed by atoms with Crippen LogP contribution in [0.1, 0.15) is 69.1 Å². The standard InChI is InChI=1S/C38H46ClN3O4S/c1-26(2)40-37(44)35(20-27-9-5-4-6-10-27)41(24-31-11-7-8-12-34(31)39)36(43)25-42(47(3,45)46)33-15-13-32(14-16-33)38-21-28-17-29(22-38)19-30(18-28)23-38/h4-16,26,28-30,35H,17-25H2,1-3H3,(H,40,44)/t28?,29?,30?,35-,38?/m0/s1. The van der Waals surface area contributed by atoms with Gasteiger partial charge < -0.3 is 10.2 Å². The summed E-state index contributed by atoms with van der Waals surface area (Å²) >= 11 is 6.56. The van der Waals surface area contributed by atoms with Crippen molar-refractivity contribution in [3.05, 3.63) is 101 Å². The van der Waals surface area contributed by atoms with Crippen molar-refractivity contribution >= 4 is 39.1 Å². The van der Waals surface area contributed by atoms with Gasteiger partial charge in [-0.05, 0) is 110 Å². The van der Waals surface area contributed by atoms with E-state index in [4.69, 9.17) is 11.6 Å². The first kappa shape index (κ1) is 33.5. The van der Waals surface area contributed by atoms with E-state index in [1.165, 1.54) is 53.3 Å². The quantitative estimate of drug-likeness (QED) is 0.231. The Kier molecular flexibility index (Phi) is 9.73. The Balaban J connectivity index is 1.31. The fourth-order valence-corrected chi connectivity index (χ4v) is 9.85. The molecule has 7 rings (SSSR count). The molecular formula is C38H46ClN3O4S. The Morgan fingerprint density at radius 2 is 1.45 bits per heavy atom. The van der Waals surface area contributed by atoms with E-state index in [-0.39, 0.29) is 30.3 Å². The van der Waals surface area contributed by atoms with E-state index in [1.54, 1.807) is 6.07 Å². The van der Waals surface area contributed by atoms with Crippen molar-refractivity contribution in [1.29, 1.82) is 0 Å². The highest BCUT2D eigenvalue weighted by atomic mass is 35.5. The van der Waals surface area contributed by atoms with E-state index in [1.807, 2.05) is 74.5 Å². The highest BCUT2D eigenvalue weighted by Gasteiger charge is 2.51. The number of hydrogen-bond donors (Lipinski definition) is 1.